The first-order valence-electron chi connectivity index (χ1n) is 6.13. The van der Waals surface area contributed by atoms with Crippen molar-refractivity contribution in [1.29, 1.82) is 0 Å². The second-order valence-electron chi connectivity index (χ2n) is 4.59. The van der Waals surface area contributed by atoms with Gasteiger partial charge in [-0.25, -0.2) is 0 Å². The van der Waals surface area contributed by atoms with Gasteiger partial charge in [0.2, 0.25) is 0 Å². The average Bonchev–Trinajstić information content (AvgIpc) is 2.40. The Kier molecular flexibility index (Phi) is 5.82. The fraction of sp³-hybridized carbons (Fsp3) is 0.500. The van der Waals surface area contributed by atoms with Crippen LogP contribution in [0.2, 0.25) is 0 Å². The minimum atomic E-state index is -0.541. The quantitative estimate of drug-likeness (QED) is 0.831. The van der Waals surface area contributed by atoms with Gasteiger partial charge in [0, 0.05) is 20.7 Å². The highest BCUT2D eigenvalue weighted by Crippen LogP contribution is 2.18. The molecule has 1 aromatic carbocycles. The van der Waals surface area contributed by atoms with Crippen LogP contribution in [0.15, 0.2) is 30.3 Å². The number of benzene rings is 1. The van der Waals surface area contributed by atoms with Crippen LogP contribution in [0.3, 0.4) is 0 Å². The third kappa shape index (κ3) is 3.82. The molecule has 0 radical (unpaired) electrons. The molecule has 2 atom stereocenters. The fourth-order valence-corrected chi connectivity index (χ4v) is 1.84. The molecule has 0 spiro atoms. The Balaban J connectivity index is 2.74. The number of carbonyl (C=O) groups excluding carboxylic acids is 1. The molecule has 0 saturated carbocycles. The summed E-state index contributed by atoms with van der Waals surface area (Å²) in [6.07, 6.45) is -0.541. The summed E-state index contributed by atoms with van der Waals surface area (Å²) in [5.41, 5.74) is 6.44. The van der Waals surface area contributed by atoms with Crippen molar-refractivity contribution in [3.63, 3.8) is 0 Å². The van der Waals surface area contributed by atoms with Crippen LogP contribution in [0.25, 0.3) is 0 Å². The lowest BCUT2D eigenvalue weighted by Gasteiger charge is -2.25. The van der Waals surface area contributed by atoms with Gasteiger partial charge in [-0.15, -0.1) is 0 Å². The maximum absolute atomic E-state index is 12.3. The number of hydrogen-bond acceptors (Lipinski definition) is 3. The van der Waals surface area contributed by atoms with Gasteiger partial charge in [-0.05, 0) is 18.0 Å². The smallest absolute Gasteiger partial charge is 0.256 e. The van der Waals surface area contributed by atoms with Crippen molar-refractivity contribution in [3.05, 3.63) is 35.9 Å². The minimum Gasteiger partial charge on any atom is -0.367 e. The Hall–Kier alpha value is -1.39. The van der Waals surface area contributed by atoms with E-state index in [0.29, 0.717) is 13.1 Å². The van der Waals surface area contributed by atoms with Crippen LogP contribution in [0.5, 0.6) is 0 Å². The molecule has 1 aromatic rings. The first kappa shape index (κ1) is 14.7. The van der Waals surface area contributed by atoms with E-state index >= 15 is 0 Å². The third-order valence-electron chi connectivity index (χ3n) is 2.93. The number of rotatable bonds is 6. The maximum atomic E-state index is 12.3. The molecular weight excluding hydrogens is 228 g/mol. The van der Waals surface area contributed by atoms with Crippen LogP contribution in [0.1, 0.15) is 18.6 Å². The molecule has 0 aliphatic carbocycles. The summed E-state index contributed by atoms with van der Waals surface area (Å²) < 4.78 is 5.31. The number of nitrogens with two attached hydrogens (primary N) is 1. The first-order chi connectivity index (χ1) is 8.60. The largest absolute Gasteiger partial charge is 0.367 e. The molecule has 1 rings (SSSR count). The lowest BCUT2D eigenvalue weighted by atomic mass is 10.1. The van der Waals surface area contributed by atoms with Crippen LogP contribution < -0.4 is 5.73 Å². The zero-order chi connectivity index (χ0) is 13.5. The fourth-order valence-electron chi connectivity index (χ4n) is 1.84. The number of carbonyl (C=O) groups is 1. The Labute approximate surface area is 109 Å². The van der Waals surface area contributed by atoms with E-state index in [2.05, 4.69) is 0 Å². The summed E-state index contributed by atoms with van der Waals surface area (Å²) in [5.74, 6) is 0.247. The van der Waals surface area contributed by atoms with Crippen molar-refractivity contribution in [3.8, 4) is 0 Å². The van der Waals surface area contributed by atoms with E-state index in [9.17, 15) is 4.79 Å². The van der Waals surface area contributed by atoms with Gasteiger partial charge in [0.05, 0.1) is 0 Å². The summed E-state index contributed by atoms with van der Waals surface area (Å²) in [4.78, 5) is 14.0. The Morgan fingerprint density at radius 1 is 1.39 bits per heavy atom. The monoisotopic (exact) mass is 250 g/mol. The normalized spacial score (nSPS) is 14.0. The highest BCUT2D eigenvalue weighted by molar-refractivity contribution is 5.82. The van der Waals surface area contributed by atoms with Crippen LogP contribution in [-0.2, 0) is 9.53 Å². The molecule has 2 N–H and O–H groups in total. The molecule has 4 heteroatoms. The van der Waals surface area contributed by atoms with Crippen molar-refractivity contribution in [2.45, 2.75) is 13.0 Å². The Bertz CT molecular complexity index is 367. The average molecular weight is 250 g/mol. The van der Waals surface area contributed by atoms with Gasteiger partial charge in [0.25, 0.3) is 5.91 Å². The standard InChI is InChI=1S/C14H22N2O2/c1-11(9-15)10-16(2)14(17)13(18-3)12-7-5-4-6-8-12/h4-8,11,13H,9-10,15H2,1-3H3. The van der Waals surface area contributed by atoms with Crippen molar-refractivity contribution in [2.75, 3.05) is 27.2 Å². The SMILES string of the molecule is COC(C(=O)N(C)CC(C)CN)c1ccccc1. The number of ether oxygens (including phenoxy) is 1. The van der Waals surface area contributed by atoms with Crippen LogP contribution in [0.4, 0.5) is 0 Å². The third-order valence-corrected chi connectivity index (χ3v) is 2.93. The van der Waals surface area contributed by atoms with Crippen molar-refractivity contribution < 1.29 is 9.53 Å². The summed E-state index contributed by atoms with van der Waals surface area (Å²) in [6, 6.07) is 9.51. The van der Waals surface area contributed by atoms with Crippen LogP contribution in [-0.4, -0.2) is 38.1 Å². The second kappa shape index (κ2) is 7.13. The van der Waals surface area contributed by atoms with Gasteiger partial charge in [0.15, 0.2) is 6.10 Å². The highest BCUT2D eigenvalue weighted by Gasteiger charge is 2.23. The lowest BCUT2D eigenvalue weighted by molar-refractivity contribution is -0.141. The van der Waals surface area contributed by atoms with E-state index < -0.39 is 6.10 Å². The molecule has 0 aliphatic rings. The van der Waals surface area contributed by atoms with E-state index in [0.717, 1.165) is 5.56 Å². The van der Waals surface area contributed by atoms with Crippen molar-refractivity contribution in [2.24, 2.45) is 11.7 Å². The molecule has 18 heavy (non-hydrogen) atoms. The van der Waals surface area contributed by atoms with Gasteiger partial charge in [0.1, 0.15) is 0 Å². The lowest BCUT2D eigenvalue weighted by Crippen LogP contribution is -2.37. The van der Waals surface area contributed by atoms with Crippen molar-refractivity contribution >= 4 is 5.91 Å². The molecule has 0 heterocycles. The zero-order valence-corrected chi connectivity index (χ0v) is 11.3. The van der Waals surface area contributed by atoms with E-state index in [1.807, 2.05) is 37.3 Å². The van der Waals surface area contributed by atoms with Crippen molar-refractivity contribution in [1.82, 2.24) is 4.90 Å². The molecule has 4 nitrogen and oxygen atoms in total. The van der Waals surface area contributed by atoms with Crippen LogP contribution >= 0.6 is 0 Å². The topological polar surface area (TPSA) is 55.6 Å². The molecular formula is C14H22N2O2. The predicted octanol–water partition coefficient (Wildman–Crippen LogP) is 1.43. The molecule has 0 saturated heterocycles. The van der Waals surface area contributed by atoms with Crippen LogP contribution in [0, 0.1) is 5.92 Å². The zero-order valence-electron chi connectivity index (χ0n) is 11.3. The molecule has 2 unspecified atom stereocenters. The summed E-state index contributed by atoms with van der Waals surface area (Å²) in [7, 11) is 3.33. The number of amides is 1. The van der Waals surface area contributed by atoms with E-state index in [1.165, 1.54) is 0 Å². The number of likely N-dealkylation sites (N-methyl/N-ethyl adjacent to an activating group) is 1. The first-order valence-corrected chi connectivity index (χ1v) is 6.13. The molecule has 1 amide bonds. The summed E-state index contributed by atoms with van der Waals surface area (Å²) >= 11 is 0. The molecule has 100 valence electrons. The van der Waals surface area contributed by atoms with E-state index in [-0.39, 0.29) is 11.8 Å². The van der Waals surface area contributed by atoms with E-state index in [1.54, 1.807) is 19.1 Å². The molecule has 0 bridgehead atoms. The number of hydrogen-bond donors (Lipinski definition) is 1. The minimum absolute atomic E-state index is 0.0380. The Morgan fingerprint density at radius 3 is 2.50 bits per heavy atom. The maximum Gasteiger partial charge on any atom is 0.256 e. The molecule has 0 fully saturated rings. The van der Waals surface area contributed by atoms with Gasteiger partial charge < -0.3 is 15.4 Å². The van der Waals surface area contributed by atoms with Gasteiger partial charge in [-0.2, -0.15) is 0 Å². The molecule has 0 aromatic heterocycles. The summed E-state index contributed by atoms with van der Waals surface area (Å²) in [6.45, 7) is 3.23. The second-order valence-corrected chi connectivity index (χ2v) is 4.59. The van der Waals surface area contributed by atoms with Gasteiger partial charge in [-0.1, -0.05) is 37.3 Å². The Morgan fingerprint density at radius 2 is 2.00 bits per heavy atom. The molecule has 0 aliphatic heterocycles. The number of nitrogens with zero attached hydrogens (tertiary/aromatic N) is 1. The van der Waals surface area contributed by atoms with Gasteiger partial charge in [-0.3, -0.25) is 4.79 Å². The highest BCUT2D eigenvalue weighted by atomic mass is 16.5. The van der Waals surface area contributed by atoms with E-state index in [4.69, 9.17) is 10.5 Å². The van der Waals surface area contributed by atoms with Gasteiger partial charge >= 0.3 is 0 Å². The predicted molar refractivity (Wildman–Crippen MR) is 72.0 cm³/mol. The summed E-state index contributed by atoms with van der Waals surface area (Å²) in [5, 5.41) is 0. The number of methoxy groups -OCH3 is 1.